The lowest BCUT2D eigenvalue weighted by atomic mass is 10.1. The molecule has 0 aromatic heterocycles. The van der Waals surface area contributed by atoms with Gasteiger partial charge in [-0.05, 0) is 24.3 Å². The van der Waals surface area contributed by atoms with E-state index in [1.165, 1.54) is 12.2 Å². The first-order valence-electron chi connectivity index (χ1n) is 8.73. The highest BCUT2D eigenvalue weighted by Crippen LogP contribution is 2.08. The van der Waals surface area contributed by atoms with Crippen LogP contribution >= 0.6 is 0 Å². The van der Waals surface area contributed by atoms with Crippen molar-refractivity contribution in [2.75, 3.05) is 13.7 Å². The van der Waals surface area contributed by atoms with Crippen LogP contribution in [-0.4, -0.2) is 43.0 Å². The Morgan fingerprint density at radius 3 is 2.46 bits per heavy atom. The second-order valence-corrected chi connectivity index (χ2v) is 6.36. The summed E-state index contributed by atoms with van der Waals surface area (Å²) in [5.41, 5.74) is 0.916. The van der Waals surface area contributed by atoms with Crippen molar-refractivity contribution < 1.29 is 24.0 Å². The Morgan fingerprint density at radius 2 is 2.00 bits per heavy atom. The maximum atomic E-state index is 11.5. The van der Waals surface area contributed by atoms with Crippen LogP contribution in [0.3, 0.4) is 0 Å². The van der Waals surface area contributed by atoms with Crippen LogP contribution in [0.4, 0.5) is 4.79 Å². The molecule has 1 fully saturated rings. The van der Waals surface area contributed by atoms with Crippen molar-refractivity contribution in [1.82, 2.24) is 10.4 Å². The topological polar surface area (TPSA) is 84.9 Å². The predicted molar refractivity (Wildman–Crippen MR) is 97.0 cm³/mol. The lowest BCUT2D eigenvalue weighted by molar-refractivity contribution is -0.167. The smallest absolute Gasteiger partial charge is 0.408 e. The molecule has 1 saturated heterocycles. The predicted octanol–water partition coefficient (Wildman–Crippen LogP) is 2.70. The zero-order valence-electron chi connectivity index (χ0n) is 15.6. The molecule has 2 rings (SSSR count). The third-order valence-corrected chi connectivity index (χ3v) is 3.66. The molecule has 7 heteroatoms. The fourth-order valence-electron chi connectivity index (χ4n) is 2.39. The number of hydroxylamine groups is 2. The van der Waals surface area contributed by atoms with Crippen LogP contribution in [-0.2, 0) is 25.8 Å². The van der Waals surface area contributed by atoms with E-state index in [0.717, 1.165) is 24.8 Å². The Bertz CT molecular complexity index is 562. The van der Waals surface area contributed by atoms with Crippen LogP contribution < -0.4 is 5.32 Å². The molecule has 144 valence electrons. The summed E-state index contributed by atoms with van der Waals surface area (Å²) < 4.78 is 5.03. The van der Waals surface area contributed by atoms with E-state index in [0.29, 0.717) is 18.8 Å². The summed E-state index contributed by atoms with van der Waals surface area (Å²) in [6.45, 7) is 4.95. The normalized spacial score (nSPS) is 14.5. The SMILES string of the molecule is CC(C)CC(C=O)NC(=O)OCc1ccccc1.CON1CCCC1=O. The molecule has 1 aliphatic heterocycles. The molecular weight excluding hydrogens is 336 g/mol. The Morgan fingerprint density at radius 1 is 1.31 bits per heavy atom. The Labute approximate surface area is 154 Å². The average Bonchev–Trinajstić information content (AvgIpc) is 3.05. The second kappa shape index (κ2) is 12.0. The number of hydrogen-bond acceptors (Lipinski definition) is 5. The number of aldehydes is 1. The van der Waals surface area contributed by atoms with E-state index in [2.05, 4.69) is 5.32 Å². The number of carbonyl (C=O) groups excluding carboxylic acids is 3. The molecule has 0 spiro atoms. The number of ether oxygens (including phenoxy) is 1. The molecule has 0 aliphatic carbocycles. The van der Waals surface area contributed by atoms with Crippen LogP contribution in [0.2, 0.25) is 0 Å². The zero-order chi connectivity index (χ0) is 19.4. The molecule has 7 nitrogen and oxygen atoms in total. The molecule has 1 aromatic carbocycles. The minimum atomic E-state index is -0.559. The van der Waals surface area contributed by atoms with E-state index in [1.54, 1.807) is 0 Å². The second-order valence-electron chi connectivity index (χ2n) is 6.36. The highest BCUT2D eigenvalue weighted by molar-refractivity contribution is 5.76. The molecule has 0 radical (unpaired) electrons. The van der Waals surface area contributed by atoms with Gasteiger partial charge in [-0.15, -0.1) is 0 Å². The van der Waals surface area contributed by atoms with E-state index < -0.39 is 12.1 Å². The van der Waals surface area contributed by atoms with E-state index in [-0.39, 0.29) is 12.5 Å². The molecule has 1 heterocycles. The monoisotopic (exact) mass is 364 g/mol. The minimum absolute atomic E-state index is 0.104. The fraction of sp³-hybridized carbons (Fsp3) is 0.526. The fourth-order valence-corrected chi connectivity index (χ4v) is 2.39. The maximum Gasteiger partial charge on any atom is 0.408 e. The summed E-state index contributed by atoms with van der Waals surface area (Å²) >= 11 is 0. The van der Waals surface area contributed by atoms with Gasteiger partial charge in [0.05, 0.1) is 13.2 Å². The molecule has 0 bridgehead atoms. The maximum absolute atomic E-state index is 11.5. The van der Waals surface area contributed by atoms with Gasteiger partial charge >= 0.3 is 6.09 Å². The van der Waals surface area contributed by atoms with E-state index in [4.69, 9.17) is 9.57 Å². The number of rotatable bonds is 7. The van der Waals surface area contributed by atoms with Crippen molar-refractivity contribution >= 4 is 18.3 Å². The van der Waals surface area contributed by atoms with Crippen LogP contribution in [0.1, 0.15) is 38.7 Å². The number of carbonyl (C=O) groups is 3. The molecule has 2 amide bonds. The summed E-state index contributed by atoms with van der Waals surface area (Å²) in [6.07, 6.45) is 2.38. The van der Waals surface area contributed by atoms with E-state index in [9.17, 15) is 14.4 Å². The van der Waals surface area contributed by atoms with Crippen molar-refractivity contribution in [3.8, 4) is 0 Å². The number of benzene rings is 1. The van der Waals surface area contributed by atoms with Gasteiger partial charge in [0.2, 0.25) is 5.91 Å². The quantitative estimate of drug-likeness (QED) is 0.752. The van der Waals surface area contributed by atoms with Crippen molar-refractivity contribution in [3.63, 3.8) is 0 Å². The van der Waals surface area contributed by atoms with Crippen LogP contribution in [0, 0.1) is 5.92 Å². The first-order chi connectivity index (χ1) is 12.5. The third kappa shape index (κ3) is 8.62. The zero-order valence-corrected chi connectivity index (χ0v) is 15.6. The van der Waals surface area contributed by atoms with Crippen LogP contribution in [0.25, 0.3) is 0 Å². The number of hydrogen-bond donors (Lipinski definition) is 1. The average molecular weight is 364 g/mol. The van der Waals surface area contributed by atoms with Gasteiger partial charge in [-0.1, -0.05) is 44.2 Å². The summed E-state index contributed by atoms with van der Waals surface area (Å²) in [5, 5.41) is 3.93. The highest BCUT2D eigenvalue weighted by Gasteiger charge is 2.19. The van der Waals surface area contributed by atoms with Crippen molar-refractivity contribution in [1.29, 1.82) is 0 Å². The van der Waals surface area contributed by atoms with Gasteiger partial charge in [-0.2, -0.15) is 0 Å². The largest absolute Gasteiger partial charge is 0.445 e. The Kier molecular flexibility index (Phi) is 10.0. The molecule has 1 unspecified atom stereocenters. The van der Waals surface area contributed by atoms with Crippen LogP contribution in [0.5, 0.6) is 0 Å². The van der Waals surface area contributed by atoms with Crippen molar-refractivity contribution in [2.45, 2.75) is 45.8 Å². The number of nitrogens with zero attached hydrogens (tertiary/aromatic N) is 1. The van der Waals surface area contributed by atoms with Gasteiger partial charge < -0.3 is 14.8 Å². The summed E-state index contributed by atoms with van der Waals surface area (Å²) in [5.74, 6) is 0.446. The van der Waals surface area contributed by atoms with Gasteiger partial charge in [0.1, 0.15) is 12.9 Å². The van der Waals surface area contributed by atoms with Crippen molar-refractivity contribution in [3.05, 3.63) is 35.9 Å². The third-order valence-electron chi connectivity index (χ3n) is 3.66. The number of amides is 2. The van der Waals surface area contributed by atoms with Gasteiger partial charge in [-0.25, -0.2) is 9.86 Å². The first kappa shape index (κ1) is 21.6. The van der Waals surface area contributed by atoms with Gasteiger partial charge in [-0.3, -0.25) is 9.63 Å². The lowest BCUT2D eigenvalue weighted by Crippen LogP contribution is -2.37. The van der Waals surface area contributed by atoms with E-state index in [1.807, 2.05) is 44.2 Å². The minimum Gasteiger partial charge on any atom is -0.445 e. The lowest BCUT2D eigenvalue weighted by Gasteiger charge is -2.14. The molecule has 1 atom stereocenters. The molecule has 26 heavy (non-hydrogen) atoms. The molecule has 1 N–H and O–H groups in total. The Hall–Kier alpha value is -2.41. The van der Waals surface area contributed by atoms with E-state index >= 15 is 0 Å². The molecule has 0 saturated carbocycles. The van der Waals surface area contributed by atoms with Gasteiger partial charge in [0.15, 0.2) is 0 Å². The number of nitrogens with one attached hydrogen (secondary N) is 1. The molecule has 1 aromatic rings. The molecular formula is C19H28N2O5. The summed E-state index contributed by atoms with van der Waals surface area (Å²) in [6, 6.07) is 8.92. The van der Waals surface area contributed by atoms with Crippen molar-refractivity contribution in [2.24, 2.45) is 5.92 Å². The highest BCUT2D eigenvalue weighted by atomic mass is 16.7. The van der Waals surface area contributed by atoms with Gasteiger partial charge in [0.25, 0.3) is 0 Å². The Balaban J connectivity index is 0.000000350. The first-order valence-corrected chi connectivity index (χ1v) is 8.73. The molecule has 1 aliphatic rings. The standard InChI is InChI=1S/C14H19NO3.C5H9NO2/c1-11(2)8-13(9-16)15-14(17)18-10-12-6-4-3-5-7-12;1-8-6-4-2-3-5(6)7/h3-7,9,11,13H,8,10H2,1-2H3,(H,15,17);2-4H2,1H3. The van der Waals surface area contributed by atoms with Gasteiger partial charge in [0, 0.05) is 13.0 Å². The summed E-state index contributed by atoms with van der Waals surface area (Å²) in [7, 11) is 1.52. The van der Waals surface area contributed by atoms with Crippen LogP contribution in [0.15, 0.2) is 30.3 Å². The number of alkyl carbamates (subject to hydrolysis) is 1. The summed E-state index contributed by atoms with van der Waals surface area (Å²) in [4.78, 5) is 37.6.